The summed E-state index contributed by atoms with van der Waals surface area (Å²) >= 11 is 7.04. The smallest absolute Gasteiger partial charge is 0.239 e. The molecule has 0 saturated heterocycles. The second-order valence-electron chi connectivity index (χ2n) is 4.70. The van der Waals surface area contributed by atoms with Crippen LogP contribution in [0.4, 0.5) is 0 Å². The molecule has 0 fully saturated rings. The van der Waals surface area contributed by atoms with Gasteiger partial charge in [0.2, 0.25) is 5.69 Å². The van der Waals surface area contributed by atoms with Crippen molar-refractivity contribution in [3.8, 4) is 0 Å². The van der Waals surface area contributed by atoms with Gasteiger partial charge in [-0.3, -0.25) is 0 Å². The predicted octanol–water partition coefficient (Wildman–Crippen LogP) is 5.19. The van der Waals surface area contributed by atoms with Crippen LogP contribution in [0.25, 0.3) is 0 Å². The van der Waals surface area contributed by atoms with E-state index >= 15 is 0 Å². The second kappa shape index (κ2) is 16.6. The van der Waals surface area contributed by atoms with Crippen LogP contribution in [-0.2, 0) is 28.9 Å². The molecule has 0 aromatic heterocycles. The molecule has 0 aromatic rings. The average Bonchev–Trinajstić information content (AvgIpc) is 2.25. The van der Waals surface area contributed by atoms with E-state index in [2.05, 4.69) is 37.9 Å². The first kappa shape index (κ1) is 21.8. The van der Waals surface area contributed by atoms with E-state index in [4.69, 9.17) is 9.79 Å². The molecule has 2 N–H and O–H groups in total. The standard InChI is InChI=1S/C8H17.C4H9.H3O2PS2.Zn/c1-3-5-7-8-6-4-2;1-3-4-2;1-3(2,4)5;/h1,3-8H2,2H3;1,3-4H2,2H3;(H3,1,2,4,5);. The van der Waals surface area contributed by atoms with Gasteiger partial charge in [0, 0.05) is 0 Å². The SMILES string of the molecule is CCCCCCC[CH2][Zn][CH2]CCC.OP(O)(=S)S. The van der Waals surface area contributed by atoms with Gasteiger partial charge in [-0.1, -0.05) is 12.2 Å². The van der Waals surface area contributed by atoms with Gasteiger partial charge in [-0.25, -0.2) is 0 Å². The summed E-state index contributed by atoms with van der Waals surface area (Å²) in [5.74, 6) is 0. The van der Waals surface area contributed by atoms with E-state index in [1.165, 1.54) is 44.9 Å². The number of thiol groups is 1. The number of hydrogen-bond acceptors (Lipinski definition) is 1. The zero-order valence-corrected chi connectivity index (χ0v) is 17.5. The molecule has 2 nitrogen and oxygen atoms in total. The number of rotatable bonds is 10. The zero-order chi connectivity index (χ0) is 14.3. The predicted molar refractivity (Wildman–Crippen MR) is 85.6 cm³/mol. The Morgan fingerprint density at radius 1 is 0.889 bits per heavy atom. The molecule has 0 aliphatic heterocycles. The molecule has 0 unspecified atom stereocenters. The van der Waals surface area contributed by atoms with Crippen LogP contribution in [0.1, 0.15) is 65.2 Å². The van der Waals surface area contributed by atoms with Gasteiger partial charge >= 0.3 is 92.4 Å². The van der Waals surface area contributed by atoms with Gasteiger partial charge in [0.1, 0.15) is 0 Å². The molecule has 0 heterocycles. The van der Waals surface area contributed by atoms with Gasteiger partial charge in [-0.2, -0.15) is 0 Å². The van der Waals surface area contributed by atoms with Gasteiger partial charge in [0.25, 0.3) is 0 Å². The van der Waals surface area contributed by atoms with Crippen molar-refractivity contribution in [2.45, 2.75) is 75.2 Å². The molecule has 0 aromatic carbocycles. The van der Waals surface area contributed by atoms with Crippen LogP contribution in [0.2, 0.25) is 10.0 Å². The molecule has 0 spiro atoms. The van der Waals surface area contributed by atoms with E-state index in [9.17, 15) is 0 Å². The molecule has 108 valence electrons. The average molecular weight is 366 g/mol. The van der Waals surface area contributed by atoms with Gasteiger partial charge in [0.15, 0.2) is 0 Å². The van der Waals surface area contributed by atoms with Crippen molar-refractivity contribution in [1.29, 1.82) is 0 Å². The van der Waals surface area contributed by atoms with Crippen molar-refractivity contribution in [2.24, 2.45) is 0 Å². The van der Waals surface area contributed by atoms with Crippen molar-refractivity contribution < 1.29 is 26.9 Å². The molecule has 0 aliphatic carbocycles. The van der Waals surface area contributed by atoms with Crippen molar-refractivity contribution in [3.05, 3.63) is 0 Å². The summed E-state index contributed by atoms with van der Waals surface area (Å²) in [4.78, 5) is 15.7. The Morgan fingerprint density at radius 3 is 1.78 bits per heavy atom. The van der Waals surface area contributed by atoms with E-state index in [-0.39, 0.29) is 17.1 Å². The summed E-state index contributed by atoms with van der Waals surface area (Å²) in [6.45, 7) is 4.60. The first-order valence-corrected chi connectivity index (χ1v) is 15.3. The summed E-state index contributed by atoms with van der Waals surface area (Å²) in [5.41, 5.74) is -3.11. The zero-order valence-electron chi connectivity index (χ0n) is 12.0. The summed E-state index contributed by atoms with van der Waals surface area (Å²) in [5, 5.41) is 3.32. The monoisotopic (exact) mass is 364 g/mol. The van der Waals surface area contributed by atoms with Crippen LogP contribution in [0.15, 0.2) is 0 Å². The van der Waals surface area contributed by atoms with Crippen molar-refractivity contribution in [1.82, 2.24) is 0 Å². The Labute approximate surface area is 131 Å². The molecule has 0 atom stereocenters. The van der Waals surface area contributed by atoms with Crippen LogP contribution in [0.5, 0.6) is 0 Å². The van der Waals surface area contributed by atoms with E-state index < -0.39 is 5.69 Å². The fourth-order valence-corrected chi connectivity index (χ4v) is 5.75. The van der Waals surface area contributed by atoms with Gasteiger partial charge in [-0.15, -0.1) is 0 Å². The van der Waals surface area contributed by atoms with E-state index in [1.54, 1.807) is 16.5 Å². The Hall–Kier alpha value is 1.54. The Kier molecular flexibility index (Phi) is 20.1. The summed E-state index contributed by atoms with van der Waals surface area (Å²) in [7, 11) is 0. The third-order valence-corrected chi connectivity index (χ3v) is 6.90. The molecule has 0 saturated carbocycles. The van der Waals surface area contributed by atoms with Gasteiger partial charge < -0.3 is 9.79 Å². The molecule has 0 amide bonds. The molecule has 0 radical (unpaired) electrons. The Morgan fingerprint density at radius 2 is 1.28 bits per heavy atom. The third kappa shape index (κ3) is 36.0. The molecule has 0 rings (SSSR count). The topological polar surface area (TPSA) is 40.5 Å². The van der Waals surface area contributed by atoms with Gasteiger partial charge in [-0.05, 0) is 11.8 Å². The fraction of sp³-hybridized carbons (Fsp3) is 1.00. The first-order chi connectivity index (χ1) is 8.41. The first-order valence-electron chi connectivity index (χ1n) is 7.20. The van der Waals surface area contributed by atoms with Crippen LogP contribution >= 0.6 is 17.9 Å². The summed E-state index contributed by atoms with van der Waals surface area (Å²) < 4.78 is 0. The summed E-state index contributed by atoms with van der Waals surface area (Å²) in [6.07, 6.45) is 11.9. The fourth-order valence-electron chi connectivity index (χ4n) is 1.74. The molecule has 18 heavy (non-hydrogen) atoms. The van der Waals surface area contributed by atoms with E-state index in [0.29, 0.717) is 0 Å². The molecular formula is C12H29O2PS2Zn. The van der Waals surface area contributed by atoms with Crippen LogP contribution in [0, 0.1) is 0 Å². The van der Waals surface area contributed by atoms with Crippen molar-refractivity contribution in [3.63, 3.8) is 0 Å². The number of unbranched alkanes of at least 4 members (excludes halogenated alkanes) is 6. The van der Waals surface area contributed by atoms with Crippen molar-refractivity contribution in [2.75, 3.05) is 0 Å². The third-order valence-electron chi connectivity index (χ3n) is 2.71. The molecule has 0 bridgehead atoms. The van der Waals surface area contributed by atoms with Crippen LogP contribution < -0.4 is 0 Å². The summed E-state index contributed by atoms with van der Waals surface area (Å²) in [6, 6.07) is 0. The molecule has 6 heteroatoms. The molecular weight excluding hydrogens is 337 g/mol. The largest absolute Gasteiger partial charge is 0.338 e. The maximum Gasteiger partial charge on any atom is 0.239 e. The van der Waals surface area contributed by atoms with Crippen LogP contribution in [-0.4, -0.2) is 9.79 Å². The second-order valence-corrected chi connectivity index (χ2v) is 14.2. The molecule has 0 aliphatic rings. The normalized spacial score (nSPS) is 10.5. The van der Waals surface area contributed by atoms with Crippen LogP contribution in [0.3, 0.4) is 0 Å². The quantitative estimate of drug-likeness (QED) is 0.216. The van der Waals surface area contributed by atoms with Gasteiger partial charge in [0.05, 0.1) is 0 Å². The minimum Gasteiger partial charge on any atom is -0.338 e. The Bertz CT molecular complexity index is 182. The maximum atomic E-state index is 7.87. The number of hydrogen-bond donors (Lipinski definition) is 3. The van der Waals surface area contributed by atoms with Crippen molar-refractivity contribution >= 4 is 29.7 Å². The maximum absolute atomic E-state index is 7.87. The minimum atomic E-state index is -3.11. The van der Waals surface area contributed by atoms with E-state index in [1.807, 2.05) is 0 Å². The minimum absolute atomic E-state index is 0.0287. The Balaban J connectivity index is 0. The van der Waals surface area contributed by atoms with E-state index in [0.717, 1.165) is 0 Å².